The highest BCUT2D eigenvalue weighted by molar-refractivity contribution is 6.05. The monoisotopic (exact) mass is 253 g/mol. The van der Waals surface area contributed by atoms with Crippen molar-refractivity contribution in [3.8, 4) is 0 Å². The molecule has 2 unspecified atom stereocenters. The molecule has 2 rings (SSSR count). The standard InChI is InChI=1S/C7H9NO2.C2HF3O2/c9-6-4-2-1-3-5(4)7(10)8-6;3-2(4,5)1(6)7/h4-5H,1-3H2,(H,8,9,10);(H,6,7). The highest BCUT2D eigenvalue weighted by Crippen LogP contribution is 2.35. The van der Waals surface area contributed by atoms with Crippen LogP contribution in [0.1, 0.15) is 19.3 Å². The quantitative estimate of drug-likeness (QED) is 0.622. The molecule has 0 bridgehead atoms. The lowest BCUT2D eigenvalue weighted by molar-refractivity contribution is -0.192. The number of hydrogen-bond acceptors (Lipinski definition) is 3. The maximum absolute atomic E-state index is 10.9. The number of nitrogens with one attached hydrogen (secondary N) is 1. The van der Waals surface area contributed by atoms with Crippen molar-refractivity contribution in [3.05, 3.63) is 0 Å². The Kier molecular flexibility index (Phi) is 3.74. The Hall–Kier alpha value is -1.60. The molecule has 1 saturated carbocycles. The van der Waals surface area contributed by atoms with Gasteiger partial charge >= 0.3 is 12.1 Å². The topological polar surface area (TPSA) is 83.5 Å². The smallest absolute Gasteiger partial charge is 0.475 e. The maximum Gasteiger partial charge on any atom is 0.490 e. The van der Waals surface area contributed by atoms with Gasteiger partial charge in [-0.3, -0.25) is 14.9 Å². The Morgan fingerprint density at radius 3 is 1.82 bits per heavy atom. The second-order valence-corrected chi connectivity index (χ2v) is 3.80. The van der Waals surface area contributed by atoms with Gasteiger partial charge in [0.05, 0.1) is 0 Å². The summed E-state index contributed by atoms with van der Waals surface area (Å²) in [5, 5.41) is 9.47. The van der Waals surface area contributed by atoms with Crippen LogP contribution in [-0.4, -0.2) is 29.1 Å². The molecule has 1 aliphatic heterocycles. The maximum atomic E-state index is 10.9. The van der Waals surface area contributed by atoms with Crippen LogP contribution >= 0.6 is 0 Å². The van der Waals surface area contributed by atoms with E-state index in [1.165, 1.54) is 0 Å². The number of aliphatic carboxylic acids is 1. The molecule has 2 aliphatic rings. The molecule has 1 saturated heterocycles. The van der Waals surface area contributed by atoms with Gasteiger partial charge < -0.3 is 5.11 Å². The predicted molar refractivity (Wildman–Crippen MR) is 47.7 cm³/mol. The van der Waals surface area contributed by atoms with Crippen molar-refractivity contribution in [2.75, 3.05) is 0 Å². The minimum Gasteiger partial charge on any atom is -0.475 e. The van der Waals surface area contributed by atoms with E-state index >= 15 is 0 Å². The largest absolute Gasteiger partial charge is 0.490 e. The summed E-state index contributed by atoms with van der Waals surface area (Å²) in [6.07, 6.45) is -2.24. The molecule has 0 spiro atoms. The molecule has 0 aromatic rings. The molecular formula is C9H10F3NO4. The summed E-state index contributed by atoms with van der Waals surface area (Å²) in [5.41, 5.74) is 0. The first-order chi connectivity index (χ1) is 7.73. The number of hydrogen-bond donors (Lipinski definition) is 2. The molecule has 1 aliphatic carbocycles. The Balaban J connectivity index is 0.000000185. The number of carboxylic acid groups (broad SMARTS) is 1. The Morgan fingerprint density at radius 2 is 1.53 bits per heavy atom. The SMILES string of the molecule is O=C(O)C(F)(F)F.O=C1NC(=O)C2CCCC12. The van der Waals surface area contributed by atoms with Gasteiger partial charge in [-0.2, -0.15) is 13.2 Å². The van der Waals surface area contributed by atoms with Gasteiger partial charge in [-0.05, 0) is 12.8 Å². The molecule has 0 aromatic heterocycles. The highest BCUT2D eigenvalue weighted by Gasteiger charge is 2.44. The van der Waals surface area contributed by atoms with E-state index in [2.05, 4.69) is 5.32 Å². The fraction of sp³-hybridized carbons (Fsp3) is 0.667. The summed E-state index contributed by atoms with van der Waals surface area (Å²) in [6, 6.07) is 0. The van der Waals surface area contributed by atoms with Crippen LogP contribution < -0.4 is 5.32 Å². The third kappa shape index (κ3) is 3.18. The molecule has 96 valence electrons. The number of carbonyl (C=O) groups is 3. The second kappa shape index (κ2) is 4.72. The summed E-state index contributed by atoms with van der Waals surface area (Å²) in [7, 11) is 0. The zero-order valence-corrected chi connectivity index (χ0v) is 8.58. The lowest BCUT2D eigenvalue weighted by atomic mass is 10.00. The normalized spacial score (nSPS) is 27.0. The molecule has 2 amide bonds. The molecule has 0 radical (unpaired) electrons. The van der Waals surface area contributed by atoms with Crippen LogP contribution in [0.3, 0.4) is 0 Å². The summed E-state index contributed by atoms with van der Waals surface area (Å²) in [5.74, 6) is -2.81. The molecule has 2 atom stereocenters. The van der Waals surface area contributed by atoms with E-state index in [0.29, 0.717) is 0 Å². The van der Waals surface area contributed by atoms with Gasteiger partial charge in [0.2, 0.25) is 11.8 Å². The zero-order chi connectivity index (χ0) is 13.2. The first-order valence-electron chi connectivity index (χ1n) is 4.88. The van der Waals surface area contributed by atoms with Crippen molar-refractivity contribution >= 4 is 17.8 Å². The second-order valence-electron chi connectivity index (χ2n) is 3.80. The third-order valence-corrected chi connectivity index (χ3v) is 2.68. The lowest BCUT2D eigenvalue weighted by Gasteiger charge is -1.98. The summed E-state index contributed by atoms with van der Waals surface area (Å²) in [4.78, 5) is 30.8. The van der Waals surface area contributed by atoms with Gasteiger partial charge in [0.1, 0.15) is 0 Å². The molecule has 1 heterocycles. The van der Waals surface area contributed by atoms with E-state index in [0.717, 1.165) is 19.3 Å². The van der Waals surface area contributed by atoms with E-state index < -0.39 is 12.1 Å². The van der Waals surface area contributed by atoms with Crippen LogP contribution in [0, 0.1) is 11.8 Å². The van der Waals surface area contributed by atoms with Crippen LogP contribution in [-0.2, 0) is 14.4 Å². The van der Waals surface area contributed by atoms with Crippen molar-refractivity contribution in [2.45, 2.75) is 25.4 Å². The summed E-state index contributed by atoms with van der Waals surface area (Å²) < 4.78 is 31.7. The van der Waals surface area contributed by atoms with Crippen molar-refractivity contribution in [1.82, 2.24) is 5.32 Å². The van der Waals surface area contributed by atoms with Crippen molar-refractivity contribution in [3.63, 3.8) is 0 Å². The minimum absolute atomic E-state index is 0.0208. The van der Waals surface area contributed by atoms with Crippen molar-refractivity contribution in [1.29, 1.82) is 0 Å². The fourth-order valence-corrected chi connectivity index (χ4v) is 1.89. The molecular weight excluding hydrogens is 243 g/mol. The molecule has 2 N–H and O–H groups in total. The van der Waals surface area contributed by atoms with Gasteiger partial charge in [0, 0.05) is 11.8 Å². The summed E-state index contributed by atoms with van der Waals surface area (Å²) in [6.45, 7) is 0. The van der Waals surface area contributed by atoms with E-state index in [4.69, 9.17) is 9.90 Å². The van der Waals surface area contributed by atoms with Crippen LogP contribution in [0.15, 0.2) is 0 Å². The molecule has 0 aromatic carbocycles. The van der Waals surface area contributed by atoms with E-state index in [1.54, 1.807) is 0 Å². The minimum atomic E-state index is -5.08. The average Bonchev–Trinajstić information content (AvgIpc) is 2.72. The van der Waals surface area contributed by atoms with E-state index in [1.807, 2.05) is 0 Å². The van der Waals surface area contributed by atoms with Crippen molar-refractivity contribution in [2.24, 2.45) is 11.8 Å². The Labute approximate surface area is 94.0 Å². The number of fused-ring (bicyclic) bond motifs is 1. The van der Waals surface area contributed by atoms with Crippen LogP contribution in [0.2, 0.25) is 0 Å². The Bertz CT molecular complexity index is 333. The van der Waals surface area contributed by atoms with Crippen molar-refractivity contribution < 1.29 is 32.7 Å². The van der Waals surface area contributed by atoms with E-state index in [9.17, 15) is 22.8 Å². The zero-order valence-electron chi connectivity index (χ0n) is 8.58. The van der Waals surface area contributed by atoms with E-state index in [-0.39, 0.29) is 23.7 Å². The van der Waals surface area contributed by atoms with Gasteiger partial charge in [0.25, 0.3) is 0 Å². The van der Waals surface area contributed by atoms with Gasteiger partial charge in [-0.15, -0.1) is 0 Å². The predicted octanol–water partition coefficient (Wildman–Crippen LogP) is 0.692. The van der Waals surface area contributed by atoms with Gasteiger partial charge in [-0.25, -0.2) is 4.79 Å². The number of imide groups is 1. The summed E-state index contributed by atoms with van der Waals surface area (Å²) >= 11 is 0. The lowest BCUT2D eigenvalue weighted by Crippen LogP contribution is -2.23. The first-order valence-corrected chi connectivity index (χ1v) is 4.88. The van der Waals surface area contributed by atoms with Gasteiger partial charge in [0.15, 0.2) is 0 Å². The highest BCUT2D eigenvalue weighted by atomic mass is 19.4. The Morgan fingerprint density at radius 1 is 1.18 bits per heavy atom. The third-order valence-electron chi connectivity index (χ3n) is 2.68. The van der Waals surface area contributed by atoms with Crippen LogP contribution in [0.25, 0.3) is 0 Å². The first kappa shape index (κ1) is 13.5. The number of alkyl halides is 3. The molecule has 5 nitrogen and oxygen atoms in total. The number of carbonyl (C=O) groups excluding carboxylic acids is 2. The fourth-order valence-electron chi connectivity index (χ4n) is 1.89. The molecule has 2 fully saturated rings. The van der Waals surface area contributed by atoms with Crippen LogP contribution in [0.4, 0.5) is 13.2 Å². The number of amides is 2. The number of carboxylic acids is 1. The number of rotatable bonds is 0. The van der Waals surface area contributed by atoms with Gasteiger partial charge in [-0.1, -0.05) is 6.42 Å². The average molecular weight is 253 g/mol. The van der Waals surface area contributed by atoms with Crippen LogP contribution in [0.5, 0.6) is 0 Å². The molecule has 17 heavy (non-hydrogen) atoms. The number of halogens is 3. The molecule has 8 heteroatoms.